The number of benzene rings is 1. The first-order valence-electron chi connectivity index (χ1n) is 10.6. The number of rotatable bonds is 8. The SMILES string of the molecule is COC(=O)CCC(C)=CC1=CN([C@H]2C[C@H](O)[C@@H](CO)O2)C(=O)NC1(N)C(=O)c1ccccc1. The number of carbonyl (C=O) groups is 3. The van der Waals surface area contributed by atoms with Crippen molar-refractivity contribution in [3.05, 3.63) is 59.3 Å². The van der Waals surface area contributed by atoms with Gasteiger partial charge in [-0.05, 0) is 13.3 Å². The molecule has 2 aliphatic heterocycles. The Morgan fingerprint density at radius 1 is 1.33 bits per heavy atom. The number of hydrogen-bond acceptors (Lipinski definition) is 8. The van der Waals surface area contributed by atoms with Gasteiger partial charge in [0.2, 0.25) is 5.78 Å². The third kappa shape index (κ3) is 5.31. The van der Waals surface area contributed by atoms with Gasteiger partial charge in [-0.15, -0.1) is 0 Å². The maximum Gasteiger partial charge on any atom is 0.325 e. The lowest BCUT2D eigenvalue weighted by Gasteiger charge is -2.39. The van der Waals surface area contributed by atoms with Crippen molar-refractivity contribution in [2.24, 2.45) is 5.73 Å². The van der Waals surface area contributed by atoms with Crippen LogP contribution in [0.1, 0.15) is 36.5 Å². The van der Waals surface area contributed by atoms with Gasteiger partial charge in [-0.2, -0.15) is 0 Å². The number of carbonyl (C=O) groups excluding carboxylic acids is 3. The van der Waals surface area contributed by atoms with Gasteiger partial charge >= 0.3 is 12.0 Å². The average Bonchev–Trinajstić information content (AvgIpc) is 3.19. The molecule has 1 aromatic carbocycles. The number of hydrogen-bond donors (Lipinski definition) is 4. The Morgan fingerprint density at radius 3 is 2.64 bits per heavy atom. The maximum atomic E-state index is 13.3. The highest BCUT2D eigenvalue weighted by Gasteiger charge is 2.47. The number of ether oxygens (including phenoxy) is 2. The third-order valence-electron chi connectivity index (χ3n) is 5.71. The number of nitrogens with zero attached hydrogens (tertiary/aromatic N) is 1. The molecule has 2 amide bonds. The van der Waals surface area contributed by atoms with Gasteiger partial charge in [0.05, 0.1) is 19.8 Å². The number of nitrogens with two attached hydrogens (primary N) is 1. The fraction of sp³-hybridized carbons (Fsp3) is 0.435. The molecule has 2 heterocycles. The number of allylic oxidation sites excluding steroid dienone is 1. The van der Waals surface area contributed by atoms with E-state index in [2.05, 4.69) is 10.1 Å². The Kier molecular flexibility index (Phi) is 7.65. The molecule has 0 aromatic heterocycles. The molecule has 178 valence electrons. The Balaban J connectivity index is 1.98. The first kappa shape index (κ1) is 24.6. The van der Waals surface area contributed by atoms with E-state index >= 15 is 0 Å². The molecule has 3 rings (SSSR count). The summed E-state index contributed by atoms with van der Waals surface area (Å²) in [6, 6.07) is 7.66. The quantitative estimate of drug-likeness (QED) is 0.329. The lowest BCUT2D eigenvalue weighted by atomic mass is 9.88. The molecular weight excluding hydrogens is 430 g/mol. The monoisotopic (exact) mass is 459 g/mol. The molecular formula is C23H29N3O7. The minimum atomic E-state index is -1.87. The van der Waals surface area contributed by atoms with Crippen molar-refractivity contribution < 1.29 is 34.1 Å². The topological polar surface area (TPSA) is 151 Å². The van der Waals surface area contributed by atoms with Gasteiger partial charge in [0.15, 0.2) is 5.66 Å². The molecule has 10 heteroatoms. The van der Waals surface area contributed by atoms with E-state index < -0.39 is 42.5 Å². The van der Waals surface area contributed by atoms with Gasteiger partial charge in [-0.1, -0.05) is 42.0 Å². The summed E-state index contributed by atoms with van der Waals surface area (Å²) in [6.45, 7) is 1.37. The average molecular weight is 459 g/mol. The van der Waals surface area contributed by atoms with Gasteiger partial charge in [-0.3, -0.25) is 20.2 Å². The minimum absolute atomic E-state index is 0.0810. The van der Waals surface area contributed by atoms with Crippen LogP contribution in [0.3, 0.4) is 0 Å². The van der Waals surface area contributed by atoms with Crippen LogP contribution in [-0.2, 0) is 14.3 Å². The van der Waals surface area contributed by atoms with Crippen LogP contribution in [0.2, 0.25) is 0 Å². The number of Topliss-reactive ketones (excluding diaryl/α,β-unsaturated/α-hetero) is 1. The normalized spacial score (nSPS) is 27.7. The lowest BCUT2D eigenvalue weighted by molar-refractivity contribution is -0.140. The van der Waals surface area contributed by atoms with Gasteiger partial charge in [-0.25, -0.2) is 4.79 Å². The number of amides is 2. The van der Waals surface area contributed by atoms with Crippen molar-refractivity contribution >= 4 is 17.8 Å². The van der Waals surface area contributed by atoms with Crippen LogP contribution in [0.4, 0.5) is 4.79 Å². The summed E-state index contributed by atoms with van der Waals surface area (Å²) in [5, 5.41) is 22.0. The van der Waals surface area contributed by atoms with Crippen molar-refractivity contribution in [1.29, 1.82) is 0 Å². The van der Waals surface area contributed by atoms with E-state index in [0.717, 1.165) is 5.57 Å². The van der Waals surface area contributed by atoms with E-state index in [9.17, 15) is 24.6 Å². The molecule has 0 radical (unpaired) electrons. The second kappa shape index (κ2) is 10.3. The lowest BCUT2D eigenvalue weighted by Crippen LogP contribution is -2.67. The zero-order valence-electron chi connectivity index (χ0n) is 18.6. The van der Waals surface area contributed by atoms with Gasteiger partial charge in [0.25, 0.3) is 0 Å². The highest BCUT2D eigenvalue weighted by atomic mass is 16.5. The first-order chi connectivity index (χ1) is 15.7. The van der Waals surface area contributed by atoms with Crippen LogP contribution in [0.15, 0.2) is 53.8 Å². The van der Waals surface area contributed by atoms with Crippen LogP contribution >= 0.6 is 0 Å². The Bertz CT molecular complexity index is 962. The van der Waals surface area contributed by atoms with E-state index in [1.54, 1.807) is 43.3 Å². The zero-order valence-corrected chi connectivity index (χ0v) is 18.6. The van der Waals surface area contributed by atoms with Gasteiger partial charge in [0.1, 0.15) is 12.3 Å². The van der Waals surface area contributed by atoms with Crippen molar-refractivity contribution in [3.63, 3.8) is 0 Å². The summed E-state index contributed by atoms with van der Waals surface area (Å²) < 4.78 is 10.3. The molecule has 0 spiro atoms. The first-order valence-corrected chi connectivity index (χ1v) is 10.6. The van der Waals surface area contributed by atoms with Crippen LogP contribution in [0.5, 0.6) is 0 Å². The van der Waals surface area contributed by atoms with Gasteiger partial charge < -0.3 is 25.0 Å². The second-order valence-corrected chi connectivity index (χ2v) is 8.11. The summed E-state index contributed by atoms with van der Waals surface area (Å²) >= 11 is 0. The molecule has 4 atom stereocenters. The number of esters is 1. The molecule has 0 aliphatic carbocycles. The number of aliphatic hydroxyl groups excluding tert-OH is 2. The number of aliphatic hydroxyl groups is 2. The molecule has 1 saturated heterocycles. The second-order valence-electron chi connectivity index (χ2n) is 8.11. The summed E-state index contributed by atoms with van der Waals surface area (Å²) in [4.78, 5) is 39.0. The largest absolute Gasteiger partial charge is 0.469 e. The van der Waals surface area contributed by atoms with E-state index in [4.69, 9.17) is 10.5 Å². The Morgan fingerprint density at radius 2 is 2.03 bits per heavy atom. The molecule has 5 N–H and O–H groups in total. The molecule has 2 aliphatic rings. The molecule has 0 saturated carbocycles. The van der Waals surface area contributed by atoms with E-state index in [0.29, 0.717) is 12.0 Å². The van der Waals surface area contributed by atoms with E-state index in [-0.39, 0.29) is 24.4 Å². The van der Waals surface area contributed by atoms with Gasteiger partial charge in [0, 0.05) is 30.2 Å². The molecule has 33 heavy (non-hydrogen) atoms. The number of nitrogens with one attached hydrogen (secondary N) is 1. The van der Waals surface area contributed by atoms with Crippen molar-refractivity contribution in [1.82, 2.24) is 10.2 Å². The zero-order chi connectivity index (χ0) is 24.2. The fourth-order valence-electron chi connectivity index (χ4n) is 3.77. The summed E-state index contributed by atoms with van der Waals surface area (Å²) in [6.07, 6.45) is 1.01. The molecule has 1 aromatic rings. The van der Waals surface area contributed by atoms with Crippen LogP contribution in [0.25, 0.3) is 0 Å². The summed E-state index contributed by atoms with van der Waals surface area (Å²) in [5.41, 5.74) is 5.96. The Labute approximate surface area is 191 Å². The molecule has 0 bridgehead atoms. The van der Waals surface area contributed by atoms with Crippen molar-refractivity contribution in [3.8, 4) is 0 Å². The Hall–Kier alpha value is -3.05. The third-order valence-corrected chi connectivity index (χ3v) is 5.71. The fourth-order valence-corrected chi connectivity index (χ4v) is 3.77. The highest BCUT2D eigenvalue weighted by Crippen LogP contribution is 2.30. The van der Waals surface area contributed by atoms with Crippen molar-refractivity contribution in [2.45, 2.75) is 50.3 Å². The smallest absolute Gasteiger partial charge is 0.325 e. The van der Waals surface area contributed by atoms with Crippen LogP contribution in [-0.4, -0.2) is 70.7 Å². The maximum absolute atomic E-state index is 13.3. The predicted molar refractivity (Wildman–Crippen MR) is 118 cm³/mol. The summed E-state index contributed by atoms with van der Waals surface area (Å²) in [7, 11) is 1.30. The predicted octanol–water partition coefficient (Wildman–Crippen LogP) is 0.801. The van der Waals surface area contributed by atoms with Crippen LogP contribution < -0.4 is 11.1 Å². The number of methoxy groups -OCH3 is 1. The molecule has 1 fully saturated rings. The standard InChI is InChI=1S/C23H29N3O7/c1-14(8-9-20(29)32-2)10-16-12-26(19-11-17(28)18(13-27)33-19)22(31)25-23(16,24)21(30)15-6-4-3-5-7-15/h3-7,10,12,17-19,27-28H,8-9,11,13,24H2,1-2H3,(H,25,31)/t17-,18+,19+,23?/m0/s1. The molecule has 1 unspecified atom stereocenters. The van der Waals surface area contributed by atoms with E-state index in [1.807, 2.05) is 0 Å². The van der Waals surface area contributed by atoms with Crippen LogP contribution in [0, 0.1) is 0 Å². The summed E-state index contributed by atoms with van der Waals surface area (Å²) in [5.74, 6) is -0.891. The number of urea groups is 1. The number of ketones is 1. The van der Waals surface area contributed by atoms with Crippen molar-refractivity contribution in [2.75, 3.05) is 13.7 Å². The molecule has 10 nitrogen and oxygen atoms in total. The van der Waals surface area contributed by atoms with E-state index in [1.165, 1.54) is 18.2 Å². The minimum Gasteiger partial charge on any atom is -0.469 e. The highest BCUT2D eigenvalue weighted by molar-refractivity contribution is 6.08.